The highest BCUT2D eigenvalue weighted by atomic mass is 16.5. The fraction of sp³-hybridized carbons (Fsp3) is 0.345. The van der Waals surface area contributed by atoms with Crippen LogP contribution in [0.5, 0.6) is 11.5 Å². The Labute approximate surface area is 196 Å². The number of carbonyl (C=O) groups is 1. The number of hydrogen-bond donors (Lipinski definition) is 1. The molecule has 3 aromatic rings. The molecule has 0 radical (unpaired) electrons. The molecule has 1 N–H and O–H groups in total. The van der Waals surface area contributed by atoms with E-state index in [1.165, 1.54) is 32.1 Å². The highest BCUT2D eigenvalue weighted by Crippen LogP contribution is 2.27. The Kier molecular flexibility index (Phi) is 8.02. The number of nitrogens with one attached hydrogen (secondary N) is 1. The Morgan fingerprint density at radius 3 is 2.18 bits per heavy atom. The molecule has 0 spiro atoms. The lowest BCUT2D eigenvalue weighted by atomic mass is 9.87. The zero-order chi connectivity index (χ0) is 22.9. The SMILES string of the molecule is CC(Oc1ccc(-c2ccccc2)cc1)C(=O)Nc1ccc(OCCC2CCCCC2)cc1. The monoisotopic (exact) mass is 443 g/mol. The number of carbonyl (C=O) groups excluding carboxylic acids is 1. The molecule has 1 unspecified atom stereocenters. The Morgan fingerprint density at radius 2 is 1.48 bits per heavy atom. The Bertz CT molecular complexity index is 993. The predicted molar refractivity (Wildman–Crippen MR) is 134 cm³/mol. The molecule has 1 fully saturated rings. The van der Waals surface area contributed by atoms with E-state index >= 15 is 0 Å². The van der Waals surface area contributed by atoms with Crippen molar-refractivity contribution in [3.63, 3.8) is 0 Å². The van der Waals surface area contributed by atoms with Crippen LogP contribution < -0.4 is 14.8 Å². The van der Waals surface area contributed by atoms with Gasteiger partial charge in [0.05, 0.1) is 6.61 Å². The van der Waals surface area contributed by atoms with Crippen LogP contribution in [0.4, 0.5) is 5.69 Å². The van der Waals surface area contributed by atoms with Gasteiger partial charge in [-0.05, 0) is 66.8 Å². The third-order valence-electron chi connectivity index (χ3n) is 6.28. The molecule has 1 aliphatic rings. The van der Waals surface area contributed by atoms with Gasteiger partial charge in [-0.3, -0.25) is 4.79 Å². The molecule has 172 valence electrons. The van der Waals surface area contributed by atoms with Gasteiger partial charge in [0.25, 0.3) is 5.91 Å². The summed E-state index contributed by atoms with van der Waals surface area (Å²) in [6.45, 7) is 2.51. The summed E-state index contributed by atoms with van der Waals surface area (Å²) < 4.78 is 11.7. The van der Waals surface area contributed by atoms with Gasteiger partial charge >= 0.3 is 0 Å². The molecular weight excluding hydrogens is 410 g/mol. The minimum Gasteiger partial charge on any atom is -0.494 e. The van der Waals surface area contributed by atoms with E-state index in [0.717, 1.165) is 41.5 Å². The molecule has 33 heavy (non-hydrogen) atoms. The van der Waals surface area contributed by atoms with Gasteiger partial charge in [0.15, 0.2) is 6.10 Å². The van der Waals surface area contributed by atoms with Gasteiger partial charge in [0, 0.05) is 5.69 Å². The van der Waals surface area contributed by atoms with Gasteiger partial charge < -0.3 is 14.8 Å². The Hall–Kier alpha value is -3.27. The second-order valence-corrected chi connectivity index (χ2v) is 8.81. The summed E-state index contributed by atoms with van der Waals surface area (Å²) in [6.07, 6.45) is 7.30. The maximum absolute atomic E-state index is 12.6. The summed E-state index contributed by atoms with van der Waals surface area (Å²) in [5.41, 5.74) is 2.99. The van der Waals surface area contributed by atoms with Crippen LogP contribution in [-0.2, 0) is 4.79 Å². The number of amides is 1. The van der Waals surface area contributed by atoms with Crippen molar-refractivity contribution in [2.75, 3.05) is 11.9 Å². The van der Waals surface area contributed by atoms with E-state index in [1.807, 2.05) is 66.7 Å². The largest absolute Gasteiger partial charge is 0.494 e. The number of benzene rings is 3. The molecule has 0 aliphatic heterocycles. The summed E-state index contributed by atoms with van der Waals surface area (Å²) in [6, 6.07) is 25.5. The molecule has 3 aromatic carbocycles. The Balaban J connectivity index is 1.22. The lowest BCUT2D eigenvalue weighted by molar-refractivity contribution is -0.122. The highest BCUT2D eigenvalue weighted by molar-refractivity contribution is 5.94. The molecule has 4 rings (SSSR count). The molecule has 0 heterocycles. The fourth-order valence-corrected chi connectivity index (χ4v) is 4.31. The number of anilines is 1. The molecule has 0 bridgehead atoms. The first-order chi connectivity index (χ1) is 16.2. The van der Waals surface area contributed by atoms with E-state index in [0.29, 0.717) is 5.75 Å². The summed E-state index contributed by atoms with van der Waals surface area (Å²) >= 11 is 0. The summed E-state index contributed by atoms with van der Waals surface area (Å²) in [4.78, 5) is 12.6. The van der Waals surface area contributed by atoms with Gasteiger partial charge in [-0.25, -0.2) is 0 Å². The van der Waals surface area contributed by atoms with Crippen molar-refractivity contribution < 1.29 is 14.3 Å². The first-order valence-electron chi connectivity index (χ1n) is 12.0. The molecule has 1 saturated carbocycles. The van der Waals surface area contributed by atoms with Crippen LogP contribution in [0.15, 0.2) is 78.9 Å². The molecule has 1 aliphatic carbocycles. The topological polar surface area (TPSA) is 47.6 Å². The summed E-state index contributed by atoms with van der Waals surface area (Å²) in [5.74, 6) is 2.13. The zero-order valence-electron chi connectivity index (χ0n) is 19.3. The van der Waals surface area contributed by atoms with Crippen LogP contribution in [0.3, 0.4) is 0 Å². The summed E-state index contributed by atoms with van der Waals surface area (Å²) in [5, 5.41) is 2.91. The standard InChI is InChI=1S/C29H33NO3/c1-22(33-28-16-12-25(13-17-28)24-10-6-3-7-11-24)29(31)30-26-14-18-27(19-15-26)32-21-20-23-8-4-2-5-9-23/h3,6-7,10-19,22-23H,2,4-5,8-9,20-21H2,1H3,(H,30,31). The van der Waals surface area contributed by atoms with Gasteiger partial charge in [-0.15, -0.1) is 0 Å². The first-order valence-corrected chi connectivity index (χ1v) is 12.0. The van der Waals surface area contributed by atoms with Crippen molar-refractivity contribution >= 4 is 11.6 Å². The van der Waals surface area contributed by atoms with Crippen LogP contribution in [0.2, 0.25) is 0 Å². The number of hydrogen-bond acceptors (Lipinski definition) is 3. The van der Waals surface area contributed by atoms with Crippen molar-refractivity contribution in [3.05, 3.63) is 78.9 Å². The van der Waals surface area contributed by atoms with E-state index in [9.17, 15) is 4.79 Å². The van der Waals surface area contributed by atoms with Gasteiger partial charge in [0.2, 0.25) is 0 Å². The Morgan fingerprint density at radius 1 is 0.848 bits per heavy atom. The average Bonchev–Trinajstić information content (AvgIpc) is 2.87. The predicted octanol–water partition coefficient (Wildman–Crippen LogP) is 7.11. The van der Waals surface area contributed by atoms with E-state index in [-0.39, 0.29) is 5.91 Å². The van der Waals surface area contributed by atoms with Gasteiger partial charge in [-0.1, -0.05) is 74.6 Å². The van der Waals surface area contributed by atoms with Gasteiger partial charge in [0.1, 0.15) is 11.5 Å². The van der Waals surface area contributed by atoms with Gasteiger partial charge in [-0.2, -0.15) is 0 Å². The van der Waals surface area contributed by atoms with Crippen LogP contribution in [0.25, 0.3) is 11.1 Å². The molecule has 1 atom stereocenters. The minimum absolute atomic E-state index is 0.187. The lowest BCUT2D eigenvalue weighted by Crippen LogP contribution is -2.30. The summed E-state index contributed by atoms with van der Waals surface area (Å²) in [7, 11) is 0. The molecule has 4 nitrogen and oxygen atoms in total. The van der Waals surface area contributed by atoms with E-state index in [4.69, 9.17) is 9.47 Å². The van der Waals surface area contributed by atoms with E-state index in [1.54, 1.807) is 6.92 Å². The normalized spacial score (nSPS) is 14.9. The molecule has 4 heteroatoms. The van der Waals surface area contributed by atoms with Crippen molar-refractivity contribution in [2.24, 2.45) is 5.92 Å². The number of ether oxygens (including phenoxy) is 2. The second-order valence-electron chi connectivity index (χ2n) is 8.81. The second kappa shape index (κ2) is 11.6. The maximum atomic E-state index is 12.6. The zero-order valence-corrected chi connectivity index (χ0v) is 19.3. The van der Waals surface area contributed by atoms with Crippen LogP contribution in [0, 0.1) is 5.92 Å². The minimum atomic E-state index is -0.612. The quantitative estimate of drug-likeness (QED) is 0.383. The number of rotatable bonds is 9. The van der Waals surface area contributed by atoms with Crippen LogP contribution in [-0.4, -0.2) is 18.6 Å². The van der Waals surface area contributed by atoms with Crippen LogP contribution >= 0.6 is 0 Å². The molecule has 1 amide bonds. The first kappa shape index (κ1) is 22.9. The lowest BCUT2D eigenvalue weighted by Gasteiger charge is -2.21. The van der Waals surface area contributed by atoms with Crippen molar-refractivity contribution in [1.29, 1.82) is 0 Å². The molecule has 0 saturated heterocycles. The van der Waals surface area contributed by atoms with E-state index < -0.39 is 6.10 Å². The highest BCUT2D eigenvalue weighted by Gasteiger charge is 2.16. The average molecular weight is 444 g/mol. The van der Waals surface area contributed by atoms with E-state index in [2.05, 4.69) is 17.4 Å². The smallest absolute Gasteiger partial charge is 0.265 e. The van der Waals surface area contributed by atoms with Crippen molar-refractivity contribution in [3.8, 4) is 22.6 Å². The molecular formula is C29H33NO3. The van der Waals surface area contributed by atoms with Crippen LogP contribution in [0.1, 0.15) is 45.4 Å². The fourth-order valence-electron chi connectivity index (χ4n) is 4.31. The third kappa shape index (κ3) is 6.85. The maximum Gasteiger partial charge on any atom is 0.265 e. The van der Waals surface area contributed by atoms with Crippen molar-refractivity contribution in [1.82, 2.24) is 0 Å². The third-order valence-corrected chi connectivity index (χ3v) is 6.28. The molecule has 0 aromatic heterocycles. The van der Waals surface area contributed by atoms with Crippen molar-refractivity contribution in [2.45, 2.75) is 51.6 Å².